The Bertz CT molecular complexity index is 326. The minimum Gasteiger partial charge on any atom is -0.324 e. The summed E-state index contributed by atoms with van der Waals surface area (Å²) >= 11 is 5.96. The molecule has 78 valence electrons. The number of benzene rings is 1. The molecule has 0 saturated carbocycles. The van der Waals surface area contributed by atoms with Crippen molar-refractivity contribution in [3.05, 3.63) is 34.3 Å². The fourth-order valence-corrected chi connectivity index (χ4v) is 1.59. The molecule has 1 rings (SSSR count). The lowest BCUT2D eigenvalue weighted by Crippen LogP contribution is -2.26. The van der Waals surface area contributed by atoms with E-state index < -0.39 is 0 Å². The number of halogens is 1. The molecule has 0 amide bonds. The van der Waals surface area contributed by atoms with E-state index in [0.29, 0.717) is 0 Å². The molecular formula is C12H18ClN. The van der Waals surface area contributed by atoms with Gasteiger partial charge in [-0.1, -0.05) is 38.4 Å². The summed E-state index contributed by atoms with van der Waals surface area (Å²) in [6, 6.07) is 5.91. The van der Waals surface area contributed by atoms with Gasteiger partial charge in [0.2, 0.25) is 0 Å². The van der Waals surface area contributed by atoms with Crippen molar-refractivity contribution in [1.82, 2.24) is 0 Å². The topological polar surface area (TPSA) is 26.0 Å². The van der Waals surface area contributed by atoms with Crippen LogP contribution in [-0.2, 0) is 0 Å². The number of nitrogens with two attached hydrogens (primary N) is 1. The van der Waals surface area contributed by atoms with Gasteiger partial charge in [0.25, 0.3) is 0 Å². The highest BCUT2D eigenvalue weighted by Crippen LogP contribution is 2.33. The average Bonchev–Trinajstić information content (AvgIpc) is 2.06. The molecular weight excluding hydrogens is 194 g/mol. The molecule has 1 aromatic rings. The second-order valence-corrected chi connectivity index (χ2v) is 5.28. The summed E-state index contributed by atoms with van der Waals surface area (Å²) in [5.74, 6) is 0. The first-order chi connectivity index (χ1) is 6.32. The highest BCUT2D eigenvalue weighted by molar-refractivity contribution is 6.30. The van der Waals surface area contributed by atoms with E-state index in [1.807, 2.05) is 18.2 Å². The summed E-state index contributed by atoms with van der Waals surface area (Å²) in [7, 11) is 0. The molecule has 0 radical (unpaired) electrons. The molecule has 0 aliphatic heterocycles. The molecule has 1 unspecified atom stereocenters. The van der Waals surface area contributed by atoms with Crippen molar-refractivity contribution < 1.29 is 0 Å². The van der Waals surface area contributed by atoms with E-state index in [1.54, 1.807) is 0 Å². The Hall–Kier alpha value is -0.530. The molecule has 1 aromatic carbocycles. The molecule has 0 aliphatic rings. The highest BCUT2D eigenvalue weighted by atomic mass is 35.5. The van der Waals surface area contributed by atoms with Crippen molar-refractivity contribution in [3.8, 4) is 0 Å². The van der Waals surface area contributed by atoms with Gasteiger partial charge in [0.15, 0.2) is 0 Å². The van der Waals surface area contributed by atoms with Crippen molar-refractivity contribution in [2.24, 2.45) is 11.1 Å². The minimum atomic E-state index is 0.0289. The fourth-order valence-electron chi connectivity index (χ4n) is 1.41. The van der Waals surface area contributed by atoms with Gasteiger partial charge in [0.1, 0.15) is 0 Å². The first-order valence-corrected chi connectivity index (χ1v) is 5.22. The van der Waals surface area contributed by atoms with Crippen LogP contribution in [0.2, 0.25) is 5.02 Å². The molecule has 0 heterocycles. The van der Waals surface area contributed by atoms with Gasteiger partial charge in [-0.2, -0.15) is 0 Å². The van der Waals surface area contributed by atoms with Gasteiger partial charge in [-0.15, -0.1) is 0 Å². The quantitative estimate of drug-likeness (QED) is 0.754. The summed E-state index contributed by atoms with van der Waals surface area (Å²) in [6.45, 7) is 8.48. The Morgan fingerprint density at radius 3 is 2.36 bits per heavy atom. The Kier molecular flexibility index (Phi) is 3.23. The lowest BCUT2D eigenvalue weighted by Gasteiger charge is -2.28. The second-order valence-electron chi connectivity index (χ2n) is 4.84. The summed E-state index contributed by atoms with van der Waals surface area (Å²) in [4.78, 5) is 0. The molecule has 0 saturated heterocycles. The molecule has 14 heavy (non-hydrogen) atoms. The first kappa shape index (κ1) is 11.5. The molecule has 0 aliphatic carbocycles. The smallest absolute Gasteiger partial charge is 0.0409 e. The third-order valence-electron chi connectivity index (χ3n) is 2.51. The summed E-state index contributed by atoms with van der Waals surface area (Å²) < 4.78 is 0. The number of rotatable bonds is 1. The molecule has 2 N–H and O–H groups in total. The zero-order valence-corrected chi connectivity index (χ0v) is 10.0. The number of aryl methyl sites for hydroxylation is 1. The van der Waals surface area contributed by atoms with E-state index in [1.165, 1.54) is 5.56 Å². The Balaban J connectivity index is 3.12. The van der Waals surface area contributed by atoms with E-state index in [4.69, 9.17) is 17.3 Å². The van der Waals surface area contributed by atoms with E-state index in [2.05, 4.69) is 27.7 Å². The zero-order chi connectivity index (χ0) is 10.9. The lowest BCUT2D eigenvalue weighted by atomic mass is 9.81. The van der Waals surface area contributed by atoms with Gasteiger partial charge in [0, 0.05) is 11.1 Å². The van der Waals surface area contributed by atoms with Crippen molar-refractivity contribution in [1.29, 1.82) is 0 Å². The van der Waals surface area contributed by atoms with Crippen molar-refractivity contribution in [2.75, 3.05) is 0 Å². The lowest BCUT2D eigenvalue weighted by molar-refractivity contribution is 0.326. The third-order valence-corrected chi connectivity index (χ3v) is 2.74. The van der Waals surface area contributed by atoms with Gasteiger partial charge in [-0.25, -0.2) is 0 Å². The SMILES string of the molecule is Cc1ccc(Cl)cc1C(N)C(C)(C)C. The van der Waals surface area contributed by atoms with E-state index in [0.717, 1.165) is 10.6 Å². The predicted octanol–water partition coefficient (Wildman–Crippen LogP) is 3.69. The molecule has 0 spiro atoms. The van der Waals surface area contributed by atoms with Gasteiger partial charge in [0.05, 0.1) is 0 Å². The predicted molar refractivity (Wildman–Crippen MR) is 62.6 cm³/mol. The van der Waals surface area contributed by atoms with Crippen LogP contribution in [0.15, 0.2) is 18.2 Å². The molecule has 2 heteroatoms. The van der Waals surface area contributed by atoms with Gasteiger partial charge >= 0.3 is 0 Å². The maximum absolute atomic E-state index is 6.18. The summed E-state index contributed by atoms with van der Waals surface area (Å²) in [5, 5.41) is 0.755. The molecule has 1 nitrogen and oxygen atoms in total. The molecule has 1 atom stereocenters. The highest BCUT2D eigenvalue weighted by Gasteiger charge is 2.23. The number of hydrogen-bond donors (Lipinski definition) is 1. The maximum atomic E-state index is 6.18. The summed E-state index contributed by atoms with van der Waals surface area (Å²) in [6.07, 6.45) is 0. The maximum Gasteiger partial charge on any atom is 0.0409 e. The van der Waals surface area contributed by atoms with E-state index >= 15 is 0 Å². The zero-order valence-electron chi connectivity index (χ0n) is 9.26. The van der Waals surface area contributed by atoms with Crippen LogP contribution >= 0.6 is 11.6 Å². The Labute approximate surface area is 91.3 Å². The van der Waals surface area contributed by atoms with Gasteiger partial charge in [-0.05, 0) is 35.6 Å². The van der Waals surface area contributed by atoms with Crippen molar-refractivity contribution in [2.45, 2.75) is 33.7 Å². The van der Waals surface area contributed by atoms with Crippen LogP contribution in [0.25, 0.3) is 0 Å². The van der Waals surface area contributed by atoms with Crippen LogP contribution in [0.3, 0.4) is 0 Å². The van der Waals surface area contributed by atoms with Gasteiger partial charge < -0.3 is 5.73 Å². The minimum absolute atomic E-state index is 0.0289. The molecule has 0 fully saturated rings. The summed E-state index contributed by atoms with van der Waals surface area (Å²) in [5.41, 5.74) is 8.60. The van der Waals surface area contributed by atoms with Crippen LogP contribution in [0.5, 0.6) is 0 Å². The van der Waals surface area contributed by atoms with Crippen molar-refractivity contribution >= 4 is 11.6 Å². The fraction of sp³-hybridized carbons (Fsp3) is 0.500. The van der Waals surface area contributed by atoms with E-state index in [-0.39, 0.29) is 11.5 Å². The Morgan fingerprint density at radius 1 is 1.29 bits per heavy atom. The standard InChI is InChI=1S/C12H18ClN/c1-8-5-6-9(13)7-10(8)11(14)12(2,3)4/h5-7,11H,14H2,1-4H3. The average molecular weight is 212 g/mol. The monoisotopic (exact) mass is 211 g/mol. The Morgan fingerprint density at radius 2 is 1.86 bits per heavy atom. The van der Waals surface area contributed by atoms with Gasteiger partial charge in [-0.3, -0.25) is 0 Å². The van der Waals surface area contributed by atoms with Crippen LogP contribution in [0.4, 0.5) is 0 Å². The third kappa shape index (κ3) is 2.49. The normalized spacial score (nSPS) is 14.1. The van der Waals surface area contributed by atoms with Crippen LogP contribution in [0.1, 0.15) is 37.9 Å². The number of hydrogen-bond acceptors (Lipinski definition) is 1. The second kappa shape index (κ2) is 3.92. The molecule has 0 aromatic heterocycles. The van der Waals surface area contributed by atoms with Crippen LogP contribution in [0, 0.1) is 12.3 Å². The molecule has 0 bridgehead atoms. The van der Waals surface area contributed by atoms with E-state index in [9.17, 15) is 0 Å². The van der Waals surface area contributed by atoms with Crippen molar-refractivity contribution in [3.63, 3.8) is 0 Å². The largest absolute Gasteiger partial charge is 0.324 e. The van der Waals surface area contributed by atoms with Crippen LogP contribution < -0.4 is 5.73 Å². The van der Waals surface area contributed by atoms with Crippen LogP contribution in [-0.4, -0.2) is 0 Å². The first-order valence-electron chi connectivity index (χ1n) is 4.84.